The summed E-state index contributed by atoms with van der Waals surface area (Å²) >= 11 is 7.73. The SMILES string of the molecule is Cc1nn(C(C)C)c(Sc2ccccc2Cl)c1N. The zero-order valence-electron chi connectivity index (χ0n) is 10.6. The molecule has 0 atom stereocenters. The largest absolute Gasteiger partial charge is 0.395 e. The van der Waals surface area contributed by atoms with Gasteiger partial charge in [-0.15, -0.1) is 0 Å². The Bertz CT molecular complexity index is 563. The Morgan fingerprint density at radius 1 is 1.33 bits per heavy atom. The van der Waals surface area contributed by atoms with E-state index in [1.165, 1.54) is 0 Å². The highest BCUT2D eigenvalue weighted by molar-refractivity contribution is 7.99. The lowest BCUT2D eigenvalue weighted by molar-refractivity contribution is 0.491. The number of nitrogen functional groups attached to an aromatic ring is 1. The molecule has 0 aliphatic heterocycles. The van der Waals surface area contributed by atoms with Crippen molar-refractivity contribution in [3.63, 3.8) is 0 Å². The van der Waals surface area contributed by atoms with E-state index >= 15 is 0 Å². The van der Waals surface area contributed by atoms with Crippen LogP contribution >= 0.6 is 23.4 Å². The molecule has 0 spiro atoms. The standard InChI is InChI=1S/C13H16ClN3S/c1-8(2)17-13(12(15)9(3)16-17)18-11-7-5-4-6-10(11)14/h4-8H,15H2,1-3H3. The average molecular weight is 282 g/mol. The molecule has 18 heavy (non-hydrogen) atoms. The van der Waals surface area contributed by atoms with Gasteiger partial charge in [0.1, 0.15) is 5.03 Å². The summed E-state index contributed by atoms with van der Waals surface area (Å²) in [5, 5.41) is 6.15. The molecule has 1 aromatic heterocycles. The van der Waals surface area contributed by atoms with Gasteiger partial charge >= 0.3 is 0 Å². The summed E-state index contributed by atoms with van der Waals surface area (Å²) in [6, 6.07) is 8.02. The van der Waals surface area contributed by atoms with Crippen molar-refractivity contribution in [1.29, 1.82) is 0 Å². The second-order valence-corrected chi connectivity index (χ2v) is 5.81. The number of nitrogens with two attached hydrogens (primary N) is 1. The lowest BCUT2D eigenvalue weighted by Gasteiger charge is -2.11. The fourth-order valence-corrected chi connectivity index (χ4v) is 3.00. The highest BCUT2D eigenvalue weighted by Crippen LogP contribution is 2.38. The first-order chi connectivity index (χ1) is 8.50. The van der Waals surface area contributed by atoms with E-state index in [1.54, 1.807) is 11.8 Å². The molecule has 0 bridgehead atoms. The van der Waals surface area contributed by atoms with Crippen LogP contribution in [0.25, 0.3) is 0 Å². The minimum Gasteiger partial charge on any atom is -0.395 e. The lowest BCUT2D eigenvalue weighted by atomic mass is 10.4. The zero-order chi connectivity index (χ0) is 13.3. The Labute approximate surface area is 116 Å². The molecule has 0 saturated carbocycles. The van der Waals surface area contributed by atoms with Crippen LogP contribution in [-0.2, 0) is 0 Å². The summed E-state index contributed by atoms with van der Waals surface area (Å²) in [6.07, 6.45) is 0. The van der Waals surface area contributed by atoms with E-state index in [4.69, 9.17) is 17.3 Å². The minimum absolute atomic E-state index is 0.269. The third-order valence-electron chi connectivity index (χ3n) is 2.62. The average Bonchev–Trinajstić information content (AvgIpc) is 2.60. The van der Waals surface area contributed by atoms with Gasteiger partial charge in [-0.05, 0) is 32.9 Å². The number of aryl methyl sites for hydroxylation is 1. The fourth-order valence-electron chi connectivity index (χ4n) is 1.62. The number of nitrogens with zero attached hydrogens (tertiary/aromatic N) is 2. The van der Waals surface area contributed by atoms with Crippen molar-refractivity contribution in [2.45, 2.75) is 36.7 Å². The maximum Gasteiger partial charge on any atom is 0.122 e. The van der Waals surface area contributed by atoms with Crippen LogP contribution < -0.4 is 5.73 Å². The molecule has 0 saturated heterocycles. The number of anilines is 1. The monoisotopic (exact) mass is 281 g/mol. The van der Waals surface area contributed by atoms with Gasteiger partial charge in [0.05, 0.1) is 16.4 Å². The van der Waals surface area contributed by atoms with E-state index < -0.39 is 0 Å². The first-order valence-corrected chi connectivity index (χ1v) is 6.97. The molecule has 1 heterocycles. The van der Waals surface area contributed by atoms with E-state index in [2.05, 4.69) is 18.9 Å². The molecule has 2 rings (SSSR count). The van der Waals surface area contributed by atoms with Crippen LogP contribution in [0.5, 0.6) is 0 Å². The normalized spacial score (nSPS) is 11.2. The zero-order valence-corrected chi connectivity index (χ0v) is 12.2. The van der Waals surface area contributed by atoms with Crippen LogP contribution in [0.4, 0.5) is 5.69 Å². The number of benzene rings is 1. The van der Waals surface area contributed by atoms with Crippen LogP contribution in [0, 0.1) is 6.92 Å². The lowest BCUT2D eigenvalue weighted by Crippen LogP contribution is -2.04. The van der Waals surface area contributed by atoms with Crippen molar-refractivity contribution in [2.75, 3.05) is 5.73 Å². The van der Waals surface area contributed by atoms with Gasteiger partial charge in [0.15, 0.2) is 0 Å². The number of aromatic nitrogens is 2. The summed E-state index contributed by atoms with van der Waals surface area (Å²) in [4.78, 5) is 0.993. The molecule has 1 aromatic carbocycles. The van der Waals surface area contributed by atoms with Crippen molar-refractivity contribution in [2.24, 2.45) is 0 Å². The van der Waals surface area contributed by atoms with Crippen molar-refractivity contribution in [1.82, 2.24) is 9.78 Å². The Kier molecular flexibility index (Phi) is 3.88. The molecular formula is C13H16ClN3S. The van der Waals surface area contributed by atoms with Gasteiger partial charge in [-0.25, -0.2) is 0 Å². The van der Waals surface area contributed by atoms with Crippen molar-refractivity contribution in [3.05, 3.63) is 35.0 Å². The van der Waals surface area contributed by atoms with Crippen LogP contribution in [0.3, 0.4) is 0 Å². The number of hydrogen-bond donors (Lipinski definition) is 1. The van der Waals surface area contributed by atoms with E-state index in [0.29, 0.717) is 0 Å². The molecule has 96 valence electrons. The highest BCUT2D eigenvalue weighted by Gasteiger charge is 2.16. The Hall–Kier alpha value is -1.13. The summed E-state index contributed by atoms with van der Waals surface area (Å²) in [7, 11) is 0. The molecule has 0 unspecified atom stereocenters. The first kappa shape index (κ1) is 13.3. The summed E-state index contributed by atoms with van der Waals surface area (Å²) < 4.78 is 1.94. The maximum absolute atomic E-state index is 6.17. The Morgan fingerprint density at radius 3 is 2.61 bits per heavy atom. The molecule has 2 aromatic rings. The van der Waals surface area contributed by atoms with Crippen molar-refractivity contribution < 1.29 is 0 Å². The van der Waals surface area contributed by atoms with Gasteiger partial charge in [-0.2, -0.15) is 5.10 Å². The second-order valence-electron chi connectivity index (χ2n) is 4.38. The number of hydrogen-bond acceptors (Lipinski definition) is 3. The molecule has 0 aliphatic carbocycles. The number of rotatable bonds is 3. The van der Waals surface area contributed by atoms with Gasteiger partial charge in [-0.3, -0.25) is 4.68 Å². The molecule has 0 fully saturated rings. The highest BCUT2D eigenvalue weighted by atomic mass is 35.5. The quantitative estimate of drug-likeness (QED) is 0.919. The Morgan fingerprint density at radius 2 is 2.00 bits per heavy atom. The van der Waals surface area contributed by atoms with Crippen LogP contribution in [-0.4, -0.2) is 9.78 Å². The van der Waals surface area contributed by atoms with Gasteiger partial charge < -0.3 is 5.73 Å². The van der Waals surface area contributed by atoms with Gasteiger partial charge in [0, 0.05) is 10.9 Å². The smallest absolute Gasteiger partial charge is 0.122 e. The minimum atomic E-state index is 0.269. The second kappa shape index (κ2) is 5.24. The first-order valence-electron chi connectivity index (χ1n) is 5.77. The summed E-state index contributed by atoms with van der Waals surface area (Å²) in [6.45, 7) is 6.09. The molecule has 0 radical (unpaired) electrons. The van der Waals surface area contributed by atoms with Crippen LogP contribution in [0.1, 0.15) is 25.6 Å². The third-order valence-corrected chi connectivity index (χ3v) is 4.24. The van der Waals surface area contributed by atoms with E-state index in [9.17, 15) is 0 Å². The van der Waals surface area contributed by atoms with Gasteiger partial charge in [0.25, 0.3) is 0 Å². The number of halogens is 1. The third kappa shape index (κ3) is 2.49. The maximum atomic E-state index is 6.17. The summed E-state index contributed by atoms with van der Waals surface area (Å²) in [5.74, 6) is 0. The molecule has 2 N–H and O–H groups in total. The summed E-state index contributed by atoms with van der Waals surface area (Å²) in [5.41, 5.74) is 7.68. The van der Waals surface area contributed by atoms with Crippen molar-refractivity contribution in [3.8, 4) is 0 Å². The van der Waals surface area contributed by atoms with Crippen molar-refractivity contribution >= 4 is 29.1 Å². The van der Waals surface area contributed by atoms with Crippen LogP contribution in [0.15, 0.2) is 34.2 Å². The molecule has 0 amide bonds. The molecular weight excluding hydrogens is 266 g/mol. The van der Waals surface area contributed by atoms with E-state index in [-0.39, 0.29) is 6.04 Å². The predicted molar refractivity (Wildman–Crippen MR) is 77.3 cm³/mol. The van der Waals surface area contributed by atoms with Crippen LogP contribution in [0.2, 0.25) is 5.02 Å². The van der Waals surface area contributed by atoms with Gasteiger partial charge in [-0.1, -0.05) is 35.5 Å². The topological polar surface area (TPSA) is 43.8 Å². The Balaban J connectivity index is 2.43. The molecule has 3 nitrogen and oxygen atoms in total. The van der Waals surface area contributed by atoms with E-state index in [1.807, 2.05) is 35.9 Å². The molecule has 5 heteroatoms. The van der Waals surface area contributed by atoms with E-state index in [0.717, 1.165) is 26.3 Å². The van der Waals surface area contributed by atoms with Gasteiger partial charge in [0.2, 0.25) is 0 Å². The fraction of sp³-hybridized carbons (Fsp3) is 0.308. The predicted octanol–water partition coefficient (Wildman–Crippen LogP) is 4.16. The molecule has 0 aliphatic rings.